The molecule has 0 aliphatic heterocycles. The zero-order valence-electron chi connectivity index (χ0n) is 9.31. The van der Waals surface area contributed by atoms with Crippen LogP contribution in [0.15, 0.2) is 24.4 Å². The maximum atomic E-state index is 5.99. The lowest BCUT2D eigenvalue weighted by atomic mass is 10.3. The van der Waals surface area contributed by atoms with Gasteiger partial charge in [-0.05, 0) is 12.1 Å². The van der Waals surface area contributed by atoms with Crippen molar-refractivity contribution in [3.63, 3.8) is 0 Å². The Hall–Kier alpha value is -0.780. The summed E-state index contributed by atoms with van der Waals surface area (Å²) in [7, 11) is 0. The van der Waals surface area contributed by atoms with Crippen molar-refractivity contribution in [1.82, 2.24) is 15.0 Å². The minimum Gasteiger partial charge on any atom is -0.489 e. The first-order valence-electron chi connectivity index (χ1n) is 5.22. The molecule has 1 heterocycles. The van der Waals surface area contributed by atoms with Crippen molar-refractivity contribution in [3.8, 4) is 5.75 Å². The summed E-state index contributed by atoms with van der Waals surface area (Å²) in [4.78, 5) is 0. The summed E-state index contributed by atoms with van der Waals surface area (Å²) in [6.45, 7) is 1.01. The Kier molecular flexibility index (Phi) is 4.86. The molecule has 1 aromatic carbocycles. The van der Waals surface area contributed by atoms with Crippen LogP contribution in [-0.2, 0) is 11.9 Å². The number of aromatic nitrogens is 3. The van der Waals surface area contributed by atoms with Gasteiger partial charge in [0.05, 0.1) is 22.3 Å². The summed E-state index contributed by atoms with van der Waals surface area (Å²) in [5, 5.41) is 9.60. The lowest BCUT2D eigenvalue weighted by Gasteiger charge is -2.09. The van der Waals surface area contributed by atoms with Crippen LogP contribution in [0.5, 0.6) is 5.75 Å². The first-order valence-corrected chi connectivity index (χ1v) is 7.10. The molecule has 0 N–H and O–H groups in total. The van der Waals surface area contributed by atoms with E-state index >= 15 is 0 Å². The highest BCUT2D eigenvalue weighted by Crippen LogP contribution is 2.32. The van der Waals surface area contributed by atoms with Gasteiger partial charge in [-0.15, -0.1) is 5.10 Å². The Bertz CT molecular complexity index is 513. The number of alkyl halides is 1. The molecule has 4 nitrogen and oxygen atoms in total. The fourth-order valence-electron chi connectivity index (χ4n) is 1.37. The molecule has 0 radical (unpaired) electrons. The van der Waals surface area contributed by atoms with Crippen molar-refractivity contribution in [2.75, 3.05) is 6.61 Å². The molecule has 0 atom stereocenters. The molecule has 0 aliphatic carbocycles. The minimum absolute atomic E-state index is 0.425. The van der Waals surface area contributed by atoms with Crippen molar-refractivity contribution in [3.05, 3.63) is 40.1 Å². The molecule has 18 heavy (non-hydrogen) atoms. The average molecular weight is 351 g/mol. The van der Waals surface area contributed by atoms with Gasteiger partial charge in [0.15, 0.2) is 5.75 Å². The lowest BCUT2D eigenvalue weighted by Crippen LogP contribution is -2.09. The van der Waals surface area contributed by atoms with Crippen LogP contribution >= 0.6 is 39.1 Å². The predicted octanol–water partition coefficient (Wildman–Crippen LogP) is 3.56. The van der Waals surface area contributed by atoms with E-state index in [0.717, 1.165) is 5.69 Å². The standard InChI is InChI=1S/C11H10BrCl2N3O/c12-6-8-7-17(16-15-8)4-5-18-11-9(13)2-1-3-10(11)14/h1-3,7H,4-6H2. The normalized spacial score (nSPS) is 10.6. The minimum atomic E-state index is 0.425. The van der Waals surface area contributed by atoms with Gasteiger partial charge < -0.3 is 4.74 Å². The number of nitrogens with zero attached hydrogens (tertiary/aromatic N) is 3. The molecule has 2 aromatic rings. The molecule has 96 valence electrons. The Labute approximate surface area is 123 Å². The van der Waals surface area contributed by atoms with E-state index in [2.05, 4.69) is 26.2 Å². The van der Waals surface area contributed by atoms with E-state index < -0.39 is 0 Å². The van der Waals surface area contributed by atoms with Crippen molar-refractivity contribution < 1.29 is 4.74 Å². The van der Waals surface area contributed by atoms with Crippen LogP contribution in [0, 0.1) is 0 Å². The Balaban J connectivity index is 1.92. The van der Waals surface area contributed by atoms with E-state index in [9.17, 15) is 0 Å². The number of hydrogen-bond acceptors (Lipinski definition) is 3. The second kappa shape index (κ2) is 6.41. The van der Waals surface area contributed by atoms with Crippen LogP contribution in [0.2, 0.25) is 10.0 Å². The van der Waals surface area contributed by atoms with E-state index in [-0.39, 0.29) is 0 Å². The van der Waals surface area contributed by atoms with Crippen molar-refractivity contribution >= 4 is 39.1 Å². The van der Waals surface area contributed by atoms with Crippen LogP contribution in [0.4, 0.5) is 0 Å². The Morgan fingerprint density at radius 2 is 2.00 bits per heavy atom. The van der Waals surface area contributed by atoms with E-state index in [1.54, 1.807) is 22.9 Å². The molecule has 1 aromatic heterocycles. The largest absolute Gasteiger partial charge is 0.489 e. The van der Waals surface area contributed by atoms with E-state index in [0.29, 0.717) is 34.3 Å². The molecule has 7 heteroatoms. The quantitative estimate of drug-likeness (QED) is 0.774. The second-order valence-corrected chi connectivity index (χ2v) is 4.88. The van der Waals surface area contributed by atoms with Crippen LogP contribution in [0.3, 0.4) is 0 Å². The monoisotopic (exact) mass is 349 g/mol. The fourth-order valence-corrected chi connectivity index (χ4v) is 2.13. The van der Waals surface area contributed by atoms with Crippen LogP contribution in [0.25, 0.3) is 0 Å². The number of ether oxygens (including phenoxy) is 1. The van der Waals surface area contributed by atoms with Crippen LogP contribution in [0.1, 0.15) is 5.69 Å². The summed E-state index contributed by atoms with van der Waals surface area (Å²) in [5.74, 6) is 0.502. The molecule has 0 amide bonds. The SMILES string of the molecule is Clc1cccc(Cl)c1OCCn1cc(CBr)nn1. The van der Waals surface area contributed by atoms with Gasteiger partial charge in [-0.1, -0.05) is 50.4 Å². The highest BCUT2D eigenvalue weighted by molar-refractivity contribution is 9.08. The number of hydrogen-bond donors (Lipinski definition) is 0. The van der Waals surface area contributed by atoms with Crippen molar-refractivity contribution in [2.24, 2.45) is 0 Å². The predicted molar refractivity (Wildman–Crippen MR) is 74.6 cm³/mol. The van der Waals surface area contributed by atoms with Gasteiger partial charge >= 0.3 is 0 Å². The average Bonchev–Trinajstić information content (AvgIpc) is 2.81. The van der Waals surface area contributed by atoms with Gasteiger partial charge in [-0.3, -0.25) is 0 Å². The van der Waals surface area contributed by atoms with Gasteiger partial charge in [0.1, 0.15) is 6.61 Å². The maximum absolute atomic E-state index is 5.99. The van der Waals surface area contributed by atoms with Crippen LogP contribution < -0.4 is 4.74 Å². The molecule has 0 spiro atoms. The molecule has 0 saturated heterocycles. The summed E-state index contributed by atoms with van der Waals surface area (Å²) in [6, 6.07) is 5.25. The van der Waals surface area contributed by atoms with E-state index in [4.69, 9.17) is 27.9 Å². The van der Waals surface area contributed by atoms with Gasteiger partial charge in [0, 0.05) is 11.5 Å². The zero-order valence-corrected chi connectivity index (χ0v) is 12.4. The lowest BCUT2D eigenvalue weighted by molar-refractivity contribution is 0.290. The fraction of sp³-hybridized carbons (Fsp3) is 0.273. The Morgan fingerprint density at radius 3 is 2.61 bits per heavy atom. The Morgan fingerprint density at radius 1 is 1.28 bits per heavy atom. The first kappa shape index (κ1) is 13.6. The molecule has 0 bridgehead atoms. The maximum Gasteiger partial charge on any atom is 0.156 e. The van der Waals surface area contributed by atoms with Gasteiger partial charge in [-0.25, -0.2) is 4.68 Å². The van der Waals surface area contributed by atoms with Crippen molar-refractivity contribution in [2.45, 2.75) is 11.9 Å². The van der Waals surface area contributed by atoms with E-state index in [1.165, 1.54) is 0 Å². The zero-order chi connectivity index (χ0) is 13.0. The van der Waals surface area contributed by atoms with Gasteiger partial charge in [-0.2, -0.15) is 0 Å². The number of rotatable bonds is 5. The number of benzene rings is 1. The summed E-state index contributed by atoms with van der Waals surface area (Å²) >= 11 is 15.3. The van der Waals surface area contributed by atoms with Crippen LogP contribution in [-0.4, -0.2) is 21.6 Å². The third-order valence-electron chi connectivity index (χ3n) is 2.21. The van der Waals surface area contributed by atoms with E-state index in [1.807, 2.05) is 6.20 Å². The summed E-state index contributed by atoms with van der Waals surface area (Å²) < 4.78 is 7.26. The molecular formula is C11H10BrCl2N3O. The smallest absolute Gasteiger partial charge is 0.156 e. The van der Waals surface area contributed by atoms with Gasteiger partial charge in [0.25, 0.3) is 0 Å². The highest BCUT2D eigenvalue weighted by Gasteiger charge is 2.06. The molecule has 0 aliphatic rings. The third-order valence-corrected chi connectivity index (χ3v) is 3.38. The number of para-hydroxylation sites is 1. The molecule has 2 rings (SSSR count). The summed E-state index contributed by atoms with van der Waals surface area (Å²) in [5.41, 5.74) is 0.880. The second-order valence-electron chi connectivity index (χ2n) is 3.51. The van der Waals surface area contributed by atoms with Gasteiger partial charge in [0.2, 0.25) is 0 Å². The third kappa shape index (κ3) is 3.37. The first-order chi connectivity index (χ1) is 8.70. The highest BCUT2D eigenvalue weighted by atomic mass is 79.9. The van der Waals surface area contributed by atoms with Crippen molar-refractivity contribution in [1.29, 1.82) is 0 Å². The topological polar surface area (TPSA) is 39.9 Å². The molecule has 0 fully saturated rings. The molecular weight excluding hydrogens is 341 g/mol. The summed E-state index contributed by atoms with van der Waals surface area (Å²) in [6.07, 6.45) is 1.85. The number of halogens is 3. The molecule has 0 saturated carbocycles. The molecule has 0 unspecified atom stereocenters.